The lowest BCUT2D eigenvalue weighted by atomic mass is 10.2. The Bertz CT molecular complexity index is 304. The summed E-state index contributed by atoms with van der Waals surface area (Å²) in [6.07, 6.45) is 0. The summed E-state index contributed by atoms with van der Waals surface area (Å²) in [5.41, 5.74) is 0.429. The number of methoxy groups -OCH3 is 1. The number of benzene rings is 1. The topological polar surface area (TPSA) is 42.2 Å². The van der Waals surface area contributed by atoms with Crippen molar-refractivity contribution in [1.29, 1.82) is 5.26 Å². The predicted molar refractivity (Wildman–Crippen MR) is 47.4 cm³/mol. The fourth-order valence-corrected chi connectivity index (χ4v) is 0.864. The molecule has 1 rings (SSSR count). The number of rotatable bonds is 4. The van der Waals surface area contributed by atoms with Crippen LogP contribution in [0.3, 0.4) is 0 Å². The van der Waals surface area contributed by atoms with Crippen LogP contribution in [0.5, 0.6) is 5.75 Å². The van der Waals surface area contributed by atoms with Gasteiger partial charge in [0, 0.05) is 13.2 Å². The van der Waals surface area contributed by atoms with E-state index in [9.17, 15) is 0 Å². The van der Waals surface area contributed by atoms with E-state index in [1.54, 1.807) is 25.3 Å². The van der Waals surface area contributed by atoms with E-state index in [0.717, 1.165) is 0 Å². The molecule has 0 aliphatic carbocycles. The molecule has 0 N–H and O–H groups in total. The Morgan fingerprint density at radius 2 is 2.38 bits per heavy atom. The molecule has 0 aliphatic heterocycles. The van der Waals surface area contributed by atoms with Crippen LogP contribution >= 0.6 is 0 Å². The number of hydrogen-bond donors (Lipinski definition) is 0. The number of nitrogens with zero attached hydrogens (tertiary/aromatic N) is 1. The molecule has 0 saturated carbocycles. The van der Waals surface area contributed by atoms with Crippen molar-refractivity contribution in [3.63, 3.8) is 0 Å². The van der Waals surface area contributed by atoms with E-state index in [-0.39, 0.29) is 0 Å². The minimum absolute atomic E-state index is 0.429. The molecule has 0 atom stereocenters. The van der Waals surface area contributed by atoms with Gasteiger partial charge in [-0.25, -0.2) is 0 Å². The maximum Gasteiger partial charge on any atom is 0.137 e. The van der Waals surface area contributed by atoms with Crippen LogP contribution in [0.1, 0.15) is 5.56 Å². The average molecular weight is 176 g/mol. The second-order valence-corrected chi connectivity index (χ2v) is 2.36. The van der Waals surface area contributed by atoms with E-state index in [4.69, 9.17) is 14.7 Å². The first-order valence-corrected chi connectivity index (χ1v) is 3.91. The summed E-state index contributed by atoms with van der Waals surface area (Å²) >= 11 is 0. The fraction of sp³-hybridized carbons (Fsp3) is 0.300. The van der Waals surface area contributed by atoms with Crippen LogP contribution in [-0.4, -0.2) is 20.3 Å². The van der Waals surface area contributed by atoms with Gasteiger partial charge in [-0.2, -0.15) is 5.26 Å². The van der Waals surface area contributed by atoms with Gasteiger partial charge in [-0.3, -0.25) is 0 Å². The number of ether oxygens (including phenoxy) is 2. The summed E-state index contributed by atoms with van der Waals surface area (Å²) in [5, 5.41) is 8.68. The lowest BCUT2D eigenvalue weighted by Gasteiger charge is -2.05. The molecule has 0 bridgehead atoms. The smallest absolute Gasteiger partial charge is 0.137 e. The van der Waals surface area contributed by atoms with E-state index in [2.05, 4.69) is 6.07 Å². The van der Waals surface area contributed by atoms with Crippen LogP contribution in [0.25, 0.3) is 0 Å². The zero-order valence-corrected chi connectivity index (χ0v) is 7.41. The number of nitriles is 1. The highest BCUT2D eigenvalue weighted by Gasteiger charge is 2.00. The van der Waals surface area contributed by atoms with E-state index in [1.165, 1.54) is 0 Å². The second-order valence-electron chi connectivity index (χ2n) is 2.36. The number of hydrogen-bond acceptors (Lipinski definition) is 3. The monoisotopic (exact) mass is 176 g/mol. The predicted octanol–water partition coefficient (Wildman–Crippen LogP) is 1.38. The maximum atomic E-state index is 8.68. The molecule has 1 radical (unpaired) electrons. The van der Waals surface area contributed by atoms with E-state index in [1.807, 2.05) is 6.07 Å². The van der Waals surface area contributed by atoms with E-state index in [0.29, 0.717) is 24.5 Å². The molecular weight excluding hydrogens is 166 g/mol. The largest absolute Gasteiger partial charge is 0.490 e. The van der Waals surface area contributed by atoms with Crippen LogP contribution in [0.2, 0.25) is 0 Å². The van der Waals surface area contributed by atoms with Crippen molar-refractivity contribution in [3.05, 3.63) is 29.8 Å². The fourth-order valence-electron chi connectivity index (χ4n) is 0.864. The minimum atomic E-state index is 0.429. The standard InChI is InChI=1S/C10H10NO2/c1-12-6-7-13-10-5-3-2-4-9(10)8-11/h2-3,5H,6-7H2,1H3. The summed E-state index contributed by atoms with van der Waals surface area (Å²) in [6, 6.07) is 9.99. The Labute approximate surface area is 77.5 Å². The SMILES string of the molecule is COCCOc1ccc[c]c1C#N. The first-order valence-electron chi connectivity index (χ1n) is 3.91. The third kappa shape index (κ3) is 2.77. The first-order chi connectivity index (χ1) is 6.38. The summed E-state index contributed by atoms with van der Waals surface area (Å²) in [7, 11) is 1.60. The van der Waals surface area contributed by atoms with Crippen LogP contribution in [-0.2, 0) is 4.74 Å². The van der Waals surface area contributed by atoms with Crippen LogP contribution < -0.4 is 4.74 Å². The lowest BCUT2D eigenvalue weighted by molar-refractivity contribution is 0.146. The van der Waals surface area contributed by atoms with Crippen molar-refractivity contribution in [1.82, 2.24) is 0 Å². The van der Waals surface area contributed by atoms with Crippen molar-refractivity contribution in [3.8, 4) is 11.8 Å². The van der Waals surface area contributed by atoms with Crippen molar-refractivity contribution >= 4 is 0 Å². The van der Waals surface area contributed by atoms with Crippen LogP contribution in [0.4, 0.5) is 0 Å². The zero-order valence-electron chi connectivity index (χ0n) is 7.41. The Balaban J connectivity index is 2.60. The Morgan fingerprint density at radius 3 is 3.08 bits per heavy atom. The highest BCUT2D eigenvalue weighted by molar-refractivity contribution is 5.41. The van der Waals surface area contributed by atoms with Crippen LogP contribution in [0.15, 0.2) is 18.2 Å². The highest BCUT2D eigenvalue weighted by Crippen LogP contribution is 2.15. The molecule has 1 aromatic carbocycles. The lowest BCUT2D eigenvalue weighted by Crippen LogP contribution is -2.05. The molecule has 3 heteroatoms. The first kappa shape index (κ1) is 9.56. The van der Waals surface area contributed by atoms with E-state index >= 15 is 0 Å². The normalized spacial score (nSPS) is 9.23. The molecule has 0 unspecified atom stereocenters. The summed E-state index contributed by atoms with van der Waals surface area (Å²) in [6.45, 7) is 0.961. The second kappa shape index (κ2) is 5.18. The molecule has 0 amide bonds. The Morgan fingerprint density at radius 1 is 1.54 bits per heavy atom. The molecule has 0 fully saturated rings. The summed E-state index contributed by atoms with van der Waals surface area (Å²) in [5.74, 6) is 0.557. The van der Waals surface area contributed by atoms with Gasteiger partial charge in [0.05, 0.1) is 6.61 Å². The molecule has 1 aromatic rings. The van der Waals surface area contributed by atoms with Gasteiger partial charge < -0.3 is 9.47 Å². The zero-order chi connectivity index (χ0) is 9.52. The van der Waals surface area contributed by atoms with Gasteiger partial charge in [0.25, 0.3) is 0 Å². The molecule has 13 heavy (non-hydrogen) atoms. The molecular formula is C10H10NO2. The molecule has 3 nitrogen and oxygen atoms in total. The molecule has 0 aromatic heterocycles. The van der Waals surface area contributed by atoms with Gasteiger partial charge in [-0.1, -0.05) is 12.1 Å². The van der Waals surface area contributed by atoms with Crippen molar-refractivity contribution in [2.24, 2.45) is 0 Å². The van der Waals surface area contributed by atoms with Gasteiger partial charge in [0.1, 0.15) is 24.0 Å². The molecule has 0 heterocycles. The van der Waals surface area contributed by atoms with Crippen molar-refractivity contribution in [2.75, 3.05) is 20.3 Å². The van der Waals surface area contributed by atoms with Crippen molar-refractivity contribution in [2.45, 2.75) is 0 Å². The van der Waals surface area contributed by atoms with Gasteiger partial charge in [0.15, 0.2) is 0 Å². The van der Waals surface area contributed by atoms with Gasteiger partial charge >= 0.3 is 0 Å². The van der Waals surface area contributed by atoms with Crippen molar-refractivity contribution < 1.29 is 9.47 Å². The molecule has 0 aliphatic rings. The van der Waals surface area contributed by atoms with Crippen LogP contribution in [0, 0.1) is 17.4 Å². The highest BCUT2D eigenvalue weighted by atomic mass is 16.5. The third-order valence-electron chi connectivity index (χ3n) is 1.47. The van der Waals surface area contributed by atoms with Gasteiger partial charge in [0.2, 0.25) is 0 Å². The van der Waals surface area contributed by atoms with Gasteiger partial charge in [-0.05, 0) is 6.07 Å². The summed E-state index contributed by atoms with van der Waals surface area (Å²) in [4.78, 5) is 0. The molecule has 0 saturated heterocycles. The Hall–Kier alpha value is -1.53. The quantitative estimate of drug-likeness (QED) is 0.651. The average Bonchev–Trinajstić information content (AvgIpc) is 2.19. The molecule has 67 valence electrons. The van der Waals surface area contributed by atoms with E-state index < -0.39 is 0 Å². The Kier molecular flexibility index (Phi) is 3.80. The maximum absolute atomic E-state index is 8.68. The summed E-state index contributed by atoms with van der Waals surface area (Å²) < 4.78 is 10.1. The minimum Gasteiger partial charge on any atom is -0.490 e. The third-order valence-corrected chi connectivity index (χ3v) is 1.47. The molecule has 0 spiro atoms. The van der Waals surface area contributed by atoms with Gasteiger partial charge in [-0.15, -0.1) is 0 Å².